The summed E-state index contributed by atoms with van der Waals surface area (Å²) in [5.41, 5.74) is 2.34. The van der Waals surface area contributed by atoms with Crippen molar-refractivity contribution in [3.8, 4) is 5.75 Å². The summed E-state index contributed by atoms with van der Waals surface area (Å²) >= 11 is 0. The molecule has 0 saturated carbocycles. The Morgan fingerprint density at radius 1 is 0.957 bits per heavy atom. The van der Waals surface area contributed by atoms with E-state index in [9.17, 15) is 9.90 Å². The summed E-state index contributed by atoms with van der Waals surface area (Å²) < 4.78 is 5.07. The molecule has 0 aromatic heterocycles. The normalized spacial score (nSPS) is 12.1. The van der Waals surface area contributed by atoms with Gasteiger partial charge in [-0.1, -0.05) is 45.0 Å². The number of ether oxygens (including phenoxy) is 1. The van der Waals surface area contributed by atoms with Gasteiger partial charge >= 0.3 is 0 Å². The predicted octanol–water partition coefficient (Wildman–Crippen LogP) is 4.77. The number of hydrogen-bond donors (Lipinski definition) is 1. The Morgan fingerprint density at radius 2 is 1.48 bits per heavy atom. The average molecular weight is 310 g/mol. The predicted molar refractivity (Wildman–Crippen MR) is 93.1 cm³/mol. The van der Waals surface area contributed by atoms with E-state index in [-0.39, 0.29) is 17.0 Å². The molecule has 0 atom stereocenters. The fourth-order valence-corrected chi connectivity index (χ4v) is 2.19. The van der Waals surface area contributed by atoms with Gasteiger partial charge in [-0.3, -0.25) is 4.79 Å². The molecule has 2 rings (SSSR count). The molecule has 0 aliphatic heterocycles. The minimum atomic E-state index is -0.223. The Hall–Kier alpha value is -2.55. The highest BCUT2D eigenvalue weighted by atomic mass is 16.5. The second kappa shape index (κ2) is 6.69. The fourth-order valence-electron chi connectivity index (χ4n) is 2.19. The number of benzene rings is 2. The van der Waals surface area contributed by atoms with Crippen molar-refractivity contribution in [2.24, 2.45) is 0 Å². The van der Waals surface area contributed by atoms with E-state index in [0.717, 1.165) is 5.56 Å². The third-order valence-corrected chi connectivity index (χ3v) is 3.69. The smallest absolute Gasteiger partial charge is 0.189 e. The van der Waals surface area contributed by atoms with Crippen LogP contribution in [0.5, 0.6) is 5.75 Å². The number of carbonyl (C=O) groups excluding carboxylic acids is 1. The maximum Gasteiger partial charge on any atom is 0.189 e. The highest BCUT2D eigenvalue weighted by molar-refractivity contribution is 6.07. The quantitative estimate of drug-likeness (QED) is 0.502. The van der Waals surface area contributed by atoms with Crippen LogP contribution in [0.15, 0.2) is 54.6 Å². The Kier molecular flexibility index (Phi) is 4.89. The Bertz CT molecular complexity index is 702. The van der Waals surface area contributed by atoms with Crippen LogP contribution < -0.4 is 4.74 Å². The third-order valence-electron chi connectivity index (χ3n) is 3.69. The molecule has 0 bridgehead atoms. The van der Waals surface area contributed by atoms with E-state index in [0.29, 0.717) is 16.9 Å². The molecule has 0 aliphatic carbocycles. The van der Waals surface area contributed by atoms with Gasteiger partial charge in [-0.15, -0.1) is 0 Å². The van der Waals surface area contributed by atoms with Gasteiger partial charge in [-0.2, -0.15) is 0 Å². The van der Waals surface area contributed by atoms with Gasteiger partial charge < -0.3 is 9.84 Å². The van der Waals surface area contributed by atoms with Crippen molar-refractivity contribution in [2.45, 2.75) is 26.2 Å². The summed E-state index contributed by atoms with van der Waals surface area (Å²) in [6.45, 7) is 6.37. The topological polar surface area (TPSA) is 46.5 Å². The molecular formula is C20H22O3. The summed E-state index contributed by atoms with van der Waals surface area (Å²) in [6, 6.07) is 14.4. The fraction of sp³-hybridized carbons (Fsp3) is 0.250. The van der Waals surface area contributed by atoms with E-state index in [4.69, 9.17) is 4.74 Å². The molecule has 1 N–H and O–H groups in total. The summed E-state index contributed by atoms with van der Waals surface area (Å²) in [4.78, 5) is 12.3. The number of allylic oxidation sites excluding steroid dienone is 1. The molecule has 0 aliphatic rings. The first-order chi connectivity index (χ1) is 10.8. The van der Waals surface area contributed by atoms with Crippen molar-refractivity contribution in [3.63, 3.8) is 0 Å². The Labute approximate surface area is 137 Å². The number of ketones is 1. The SMILES string of the molecule is COc1ccc(/C(O)=C/C(=O)c2ccc(C(C)(C)C)cc2)cc1. The molecule has 120 valence electrons. The molecule has 2 aromatic rings. The largest absolute Gasteiger partial charge is 0.507 e. The van der Waals surface area contributed by atoms with Crippen LogP contribution in [0.2, 0.25) is 0 Å². The highest BCUT2D eigenvalue weighted by Gasteiger charge is 2.14. The second-order valence-corrected chi connectivity index (χ2v) is 6.45. The van der Waals surface area contributed by atoms with Gasteiger partial charge in [0.05, 0.1) is 7.11 Å². The van der Waals surface area contributed by atoms with E-state index in [1.807, 2.05) is 12.1 Å². The van der Waals surface area contributed by atoms with Crippen molar-refractivity contribution in [2.75, 3.05) is 7.11 Å². The molecule has 0 spiro atoms. The van der Waals surface area contributed by atoms with Gasteiger partial charge in [0.25, 0.3) is 0 Å². The summed E-state index contributed by atoms with van der Waals surface area (Å²) in [7, 11) is 1.58. The van der Waals surface area contributed by atoms with Gasteiger partial charge in [0.2, 0.25) is 0 Å². The number of methoxy groups -OCH3 is 1. The van der Waals surface area contributed by atoms with Crippen LogP contribution in [-0.2, 0) is 5.41 Å². The van der Waals surface area contributed by atoms with E-state index >= 15 is 0 Å². The lowest BCUT2D eigenvalue weighted by Gasteiger charge is -2.18. The van der Waals surface area contributed by atoms with Gasteiger partial charge in [-0.05, 0) is 35.2 Å². The lowest BCUT2D eigenvalue weighted by molar-refractivity contribution is 0.104. The van der Waals surface area contributed by atoms with Crippen LogP contribution in [0.25, 0.3) is 5.76 Å². The molecule has 3 nitrogen and oxygen atoms in total. The number of carbonyl (C=O) groups is 1. The van der Waals surface area contributed by atoms with Crippen LogP contribution in [0.3, 0.4) is 0 Å². The lowest BCUT2D eigenvalue weighted by atomic mass is 9.86. The van der Waals surface area contributed by atoms with Crippen LogP contribution >= 0.6 is 0 Å². The molecule has 0 saturated heterocycles. The van der Waals surface area contributed by atoms with Crippen LogP contribution in [0.1, 0.15) is 42.3 Å². The van der Waals surface area contributed by atoms with Crippen molar-refractivity contribution < 1.29 is 14.6 Å². The zero-order valence-corrected chi connectivity index (χ0v) is 14.0. The number of rotatable bonds is 4. The lowest BCUT2D eigenvalue weighted by Crippen LogP contribution is -2.11. The molecule has 0 radical (unpaired) electrons. The third kappa shape index (κ3) is 4.22. The van der Waals surface area contributed by atoms with Crippen molar-refractivity contribution in [1.82, 2.24) is 0 Å². The zero-order chi connectivity index (χ0) is 17.0. The molecule has 2 aromatic carbocycles. The van der Waals surface area contributed by atoms with E-state index in [1.165, 1.54) is 6.08 Å². The number of aliphatic hydroxyl groups excluding tert-OH is 1. The van der Waals surface area contributed by atoms with Gasteiger partial charge in [0.1, 0.15) is 11.5 Å². The van der Waals surface area contributed by atoms with Gasteiger partial charge in [0, 0.05) is 17.2 Å². The summed E-state index contributed by atoms with van der Waals surface area (Å²) in [5, 5.41) is 10.1. The summed E-state index contributed by atoms with van der Waals surface area (Å²) in [6.07, 6.45) is 1.24. The minimum Gasteiger partial charge on any atom is -0.507 e. The first kappa shape index (κ1) is 16.8. The molecule has 0 fully saturated rings. The summed E-state index contributed by atoms with van der Waals surface area (Å²) in [5.74, 6) is 0.418. The number of hydrogen-bond acceptors (Lipinski definition) is 3. The van der Waals surface area contributed by atoms with E-state index in [2.05, 4.69) is 20.8 Å². The van der Waals surface area contributed by atoms with E-state index in [1.54, 1.807) is 43.5 Å². The molecule has 0 amide bonds. The standard InChI is InChI=1S/C20H22O3/c1-20(2,3)16-9-5-14(6-10-16)18(21)13-19(22)15-7-11-17(23-4)12-8-15/h5-13,22H,1-4H3/b19-13-. The highest BCUT2D eigenvalue weighted by Crippen LogP contribution is 2.23. The van der Waals surface area contributed by atoms with Crippen LogP contribution in [-0.4, -0.2) is 18.0 Å². The van der Waals surface area contributed by atoms with E-state index < -0.39 is 0 Å². The van der Waals surface area contributed by atoms with Crippen LogP contribution in [0.4, 0.5) is 0 Å². The molecule has 23 heavy (non-hydrogen) atoms. The first-order valence-electron chi connectivity index (χ1n) is 7.51. The molecule has 0 unspecified atom stereocenters. The van der Waals surface area contributed by atoms with Crippen LogP contribution in [0, 0.1) is 0 Å². The number of aliphatic hydroxyl groups is 1. The van der Waals surface area contributed by atoms with Gasteiger partial charge in [0.15, 0.2) is 5.78 Å². The minimum absolute atomic E-state index is 0.0443. The molecule has 0 heterocycles. The Balaban J connectivity index is 2.19. The zero-order valence-electron chi connectivity index (χ0n) is 14.0. The molecule has 3 heteroatoms. The molecular weight excluding hydrogens is 288 g/mol. The van der Waals surface area contributed by atoms with Crippen molar-refractivity contribution in [1.29, 1.82) is 0 Å². The first-order valence-corrected chi connectivity index (χ1v) is 7.51. The maximum absolute atomic E-state index is 12.3. The maximum atomic E-state index is 12.3. The van der Waals surface area contributed by atoms with Crippen molar-refractivity contribution >= 4 is 11.5 Å². The second-order valence-electron chi connectivity index (χ2n) is 6.45. The van der Waals surface area contributed by atoms with Crippen molar-refractivity contribution in [3.05, 3.63) is 71.3 Å². The monoisotopic (exact) mass is 310 g/mol. The Morgan fingerprint density at radius 3 is 1.96 bits per heavy atom. The van der Waals surface area contributed by atoms with Gasteiger partial charge in [-0.25, -0.2) is 0 Å². The average Bonchev–Trinajstić information content (AvgIpc) is 2.54.